The Bertz CT molecular complexity index is 989. The third-order valence-electron chi connectivity index (χ3n) is 4.09. The van der Waals surface area contributed by atoms with Crippen LogP contribution in [0.15, 0.2) is 48.7 Å². The van der Waals surface area contributed by atoms with Crippen molar-refractivity contribution in [1.82, 2.24) is 14.8 Å². The van der Waals surface area contributed by atoms with Gasteiger partial charge in [0, 0.05) is 12.7 Å². The maximum Gasteiger partial charge on any atom is 0.416 e. The molecule has 28 heavy (non-hydrogen) atoms. The summed E-state index contributed by atoms with van der Waals surface area (Å²) in [6, 6.07) is 13.2. The van der Waals surface area contributed by atoms with Gasteiger partial charge in [-0.1, -0.05) is 18.2 Å². The van der Waals surface area contributed by atoms with Crippen LogP contribution in [0.4, 0.5) is 24.8 Å². The topological polar surface area (TPSA) is 92.5 Å². The number of hydrogen-bond acceptors (Lipinski definition) is 5. The molecule has 0 fully saturated rings. The van der Waals surface area contributed by atoms with Crippen molar-refractivity contribution in [2.75, 3.05) is 17.6 Å². The molecule has 0 saturated carbocycles. The Morgan fingerprint density at radius 2 is 1.93 bits per heavy atom. The second-order valence-electron chi connectivity index (χ2n) is 6.02. The van der Waals surface area contributed by atoms with Crippen LogP contribution < -0.4 is 11.1 Å². The fourth-order valence-corrected chi connectivity index (χ4v) is 2.72. The van der Waals surface area contributed by atoms with Gasteiger partial charge in [0.15, 0.2) is 0 Å². The van der Waals surface area contributed by atoms with E-state index in [1.807, 2.05) is 30.3 Å². The van der Waals surface area contributed by atoms with Crippen LogP contribution in [-0.4, -0.2) is 21.3 Å². The normalized spacial score (nSPS) is 11.2. The van der Waals surface area contributed by atoms with E-state index in [4.69, 9.17) is 5.73 Å². The average Bonchev–Trinajstić information content (AvgIpc) is 3.01. The van der Waals surface area contributed by atoms with Gasteiger partial charge in [0.2, 0.25) is 0 Å². The molecule has 0 atom stereocenters. The van der Waals surface area contributed by atoms with Gasteiger partial charge in [-0.15, -0.1) is 0 Å². The maximum atomic E-state index is 12.7. The van der Waals surface area contributed by atoms with E-state index in [0.717, 1.165) is 24.0 Å². The molecule has 2 heterocycles. The van der Waals surface area contributed by atoms with E-state index < -0.39 is 11.7 Å². The number of anilines is 2. The molecule has 3 rings (SSSR count). The molecule has 0 bridgehead atoms. The smallest absolute Gasteiger partial charge is 0.382 e. The molecule has 0 aliphatic rings. The zero-order valence-corrected chi connectivity index (χ0v) is 14.7. The highest BCUT2D eigenvalue weighted by Gasteiger charge is 2.30. The summed E-state index contributed by atoms with van der Waals surface area (Å²) >= 11 is 0. The van der Waals surface area contributed by atoms with Crippen molar-refractivity contribution in [3.63, 3.8) is 0 Å². The molecule has 0 aliphatic carbocycles. The lowest BCUT2D eigenvalue weighted by Crippen LogP contribution is -2.09. The number of rotatable bonds is 6. The zero-order valence-electron chi connectivity index (χ0n) is 14.7. The van der Waals surface area contributed by atoms with Crippen molar-refractivity contribution in [1.29, 1.82) is 5.26 Å². The van der Waals surface area contributed by atoms with E-state index >= 15 is 0 Å². The number of benzene rings is 1. The number of nitrogens with one attached hydrogen (secondary N) is 1. The van der Waals surface area contributed by atoms with E-state index in [2.05, 4.69) is 21.5 Å². The van der Waals surface area contributed by atoms with Gasteiger partial charge >= 0.3 is 6.18 Å². The second kappa shape index (κ2) is 8.00. The lowest BCUT2D eigenvalue weighted by atomic mass is 10.1. The van der Waals surface area contributed by atoms with E-state index in [9.17, 15) is 18.4 Å². The lowest BCUT2D eigenvalue weighted by Gasteiger charge is -2.09. The molecule has 2 aromatic heterocycles. The quantitative estimate of drug-likeness (QED) is 0.629. The minimum atomic E-state index is -4.41. The Morgan fingerprint density at radius 3 is 2.61 bits per heavy atom. The largest absolute Gasteiger partial charge is 0.416 e. The van der Waals surface area contributed by atoms with Gasteiger partial charge in [-0.05, 0) is 37.1 Å². The first-order chi connectivity index (χ1) is 13.4. The van der Waals surface area contributed by atoms with Gasteiger partial charge in [-0.3, -0.25) is 0 Å². The zero-order chi connectivity index (χ0) is 20.1. The van der Waals surface area contributed by atoms with Crippen LogP contribution in [0.25, 0.3) is 5.69 Å². The summed E-state index contributed by atoms with van der Waals surface area (Å²) in [5.41, 5.74) is 6.88. The number of nitriles is 1. The molecular formula is C19H17F3N6. The molecule has 0 radical (unpaired) electrons. The average molecular weight is 386 g/mol. The van der Waals surface area contributed by atoms with E-state index in [0.29, 0.717) is 30.6 Å². The van der Waals surface area contributed by atoms with Gasteiger partial charge < -0.3 is 11.1 Å². The van der Waals surface area contributed by atoms with Crippen LogP contribution in [0.2, 0.25) is 0 Å². The van der Waals surface area contributed by atoms with Crippen LogP contribution >= 0.6 is 0 Å². The summed E-state index contributed by atoms with van der Waals surface area (Å²) in [4.78, 5) is 3.89. The highest BCUT2D eigenvalue weighted by Crippen LogP contribution is 2.30. The first-order valence-electron chi connectivity index (χ1n) is 8.50. The van der Waals surface area contributed by atoms with Crippen molar-refractivity contribution in [3.8, 4) is 11.8 Å². The van der Waals surface area contributed by atoms with Crippen molar-refractivity contribution >= 4 is 11.6 Å². The number of alkyl halides is 3. The van der Waals surface area contributed by atoms with Crippen LogP contribution in [-0.2, 0) is 12.6 Å². The first kappa shape index (κ1) is 19.2. The predicted molar refractivity (Wildman–Crippen MR) is 98.7 cm³/mol. The van der Waals surface area contributed by atoms with Crippen molar-refractivity contribution in [3.05, 3.63) is 65.5 Å². The molecule has 9 heteroatoms. The van der Waals surface area contributed by atoms with Crippen molar-refractivity contribution < 1.29 is 13.2 Å². The molecule has 0 spiro atoms. The molecule has 0 aliphatic heterocycles. The summed E-state index contributed by atoms with van der Waals surface area (Å²) in [6.07, 6.45) is -2.32. The summed E-state index contributed by atoms with van der Waals surface area (Å²) in [6.45, 7) is 0.372. The van der Waals surface area contributed by atoms with Crippen molar-refractivity contribution in [2.45, 2.75) is 19.0 Å². The number of nitrogen functional groups attached to an aromatic ring is 1. The maximum absolute atomic E-state index is 12.7. The minimum Gasteiger partial charge on any atom is -0.382 e. The second-order valence-corrected chi connectivity index (χ2v) is 6.02. The van der Waals surface area contributed by atoms with Gasteiger partial charge in [0.1, 0.15) is 23.3 Å². The first-order valence-corrected chi connectivity index (χ1v) is 8.50. The Morgan fingerprint density at radius 1 is 1.18 bits per heavy atom. The molecule has 0 saturated heterocycles. The lowest BCUT2D eigenvalue weighted by molar-refractivity contribution is -0.137. The fourth-order valence-electron chi connectivity index (χ4n) is 2.72. The predicted octanol–water partition coefficient (Wildman–Crippen LogP) is 3.78. The summed E-state index contributed by atoms with van der Waals surface area (Å²) in [5, 5.41) is 16.7. The third kappa shape index (κ3) is 4.23. The SMILES string of the molecule is N#Cc1c(CCCNc2cc(C(F)(F)F)ccn2)nn(-c2ccccc2)c1N. The molecule has 6 nitrogen and oxygen atoms in total. The monoisotopic (exact) mass is 386 g/mol. The van der Waals surface area contributed by atoms with Crippen LogP contribution in [0.1, 0.15) is 23.2 Å². The molecular weight excluding hydrogens is 369 g/mol. The molecule has 144 valence electrons. The molecule has 3 aromatic rings. The minimum absolute atomic E-state index is 0.143. The van der Waals surface area contributed by atoms with E-state index in [-0.39, 0.29) is 11.6 Å². The molecule has 0 unspecified atom stereocenters. The Labute approximate surface area is 159 Å². The molecule has 3 N–H and O–H groups in total. The summed E-state index contributed by atoms with van der Waals surface area (Å²) < 4.78 is 39.7. The number of hydrogen-bond donors (Lipinski definition) is 2. The number of halogens is 3. The molecule has 1 aromatic carbocycles. The summed E-state index contributed by atoms with van der Waals surface area (Å²) in [7, 11) is 0. The Kier molecular flexibility index (Phi) is 5.49. The van der Waals surface area contributed by atoms with Gasteiger partial charge in [-0.2, -0.15) is 23.5 Å². The van der Waals surface area contributed by atoms with Crippen LogP contribution in [0.3, 0.4) is 0 Å². The number of aryl methyl sites for hydroxylation is 1. The van der Waals surface area contributed by atoms with E-state index in [1.165, 1.54) is 4.68 Å². The van der Waals surface area contributed by atoms with E-state index in [1.54, 1.807) is 0 Å². The number of nitrogens with zero attached hydrogens (tertiary/aromatic N) is 4. The van der Waals surface area contributed by atoms with Gasteiger partial charge in [-0.25, -0.2) is 9.67 Å². The molecule has 0 amide bonds. The van der Waals surface area contributed by atoms with Crippen molar-refractivity contribution in [2.24, 2.45) is 0 Å². The number of aromatic nitrogens is 3. The Balaban J connectivity index is 1.65. The van der Waals surface area contributed by atoms with Gasteiger partial charge in [0.05, 0.1) is 16.9 Å². The number of para-hydroxylation sites is 1. The highest BCUT2D eigenvalue weighted by atomic mass is 19.4. The standard InChI is InChI=1S/C19H17F3N6/c20-19(21,22)13-8-10-26-17(11-13)25-9-4-7-16-15(12-23)18(24)28(27-16)14-5-2-1-3-6-14/h1-3,5-6,8,10-11H,4,7,9,24H2,(H,25,26). The van der Waals surface area contributed by atoms with Crippen LogP contribution in [0, 0.1) is 11.3 Å². The summed E-state index contributed by atoms with van der Waals surface area (Å²) in [5.74, 6) is 0.404. The fraction of sp³-hybridized carbons (Fsp3) is 0.211. The Hall–Kier alpha value is -3.54. The third-order valence-corrected chi connectivity index (χ3v) is 4.09. The number of nitrogens with two attached hydrogens (primary N) is 1. The van der Waals surface area contributed by atoms with Gasteiger partial charge in [0.25, 0.3) is 0 Å². The number of pyridine rings is 1. The van der Waals surface area contributed by atoms with Crippen LogP contribution in [0.5, 0.6) is 0 Å². The highest BCUT2D eigenvalue weighted by molar-refractivity contribution is 5.56.